The molecule has 0 unspecified atom stereocenters. The van der Waals surface area contributed by atoms with Crippen LogP contribution in [-0.2, 0) is 19.6 Å². The topological polar surface area (TPSA) is 114 Å². The summed E-state index contributed by atoms with van der Waals surface area (Å²) in [5, 5.41) is 5.38. The summed E-state index contributed by atoms with van der Waals surface area (Å²) in [5.74, 6) is 0.363. The monoisotopic (exact) mass is 439 g/mol. The fourth-order valence-electron chi connectivity index (χ4n) is 3.37. The van der Waals surface area contributed by atoms with Crippen molar-refractivity contribution in [3.8, 4) is 0 Å². The molecule has 2 rings (SSSR count). The highest BCUT2D eigenvalue weighted by atomic mass is 32.2. The number of carbonyl (C=O) groups excluding carboxylic acids is 2. The second kappa shape index (κ2) is 10.3. The molecule has 9 heteroatoms. The first-order valence-corrected chi connectivity index (χ1v) is 11.8. The van der Waals surface area contributed by atoms with Gasteiger partial charge < -0.3 is 15.4 Å². The Bertz CT molecular complexity index is 823. The fourth-order valence-corrected chi connectivity index (χ4v) is 4.49. The summed E-state index contributed by atoms with van der Waals surface area (Å²) < 4.78 is 33.0. The van der Waals surface area contributed by atoms with Gasteiger partial charge in [-0.2, -0.15) is 0 Å². The van der Waals surface area contributed by atoms with Crippen LogP contribution in [0, 0.1) is 11.8 Å². The van der Waals surface area contributed by atoms with E-state index in [4.69, 9.17) is 4.74 Å². The molecule has 0 aromatic heterocycles. The maximum Gasteiger partial charge on any atom is 0.407 e. The third kappa shape index (κ3) is 8.31. The van der Waals surface area contributed by atoms with E-state index in [0.717, 1.165) is 25.7 Å². The van der Waals surface area contributed by atoms with Gasteiger partial charge in [-0.05, 0) is 82.6 Å². The number of anilines is 1. The molecule has 1 aliphatic carbocycles. The average molecular weight is 440 g/mol. The van der Waals surface area contributed by atoms with Crippen molar-refractivity contribution in [3.63, 3.8) is 0 Å². The summed E-state index contributed by atoms with van der Waals surface area (Å²) >= 11 is 0. The summed E-state index contributed by atoms with van der Waals surface area (Å²) in [6, 6.07) is 6.09. The van der Waals surface area contributed by atoms with Crippen LogP contribution in [0.4, 0.5) is 10.5 Å². The van der Waals surface area contributed by atoms with Crippen LogP contribution in [0.2, 0.25) is 0 Å². The van der Waals surface area contributed by atoms with E-state index in [9.17, 15) is 18.0 Å². The van der Waals surface area contributed by atoms with E-state index in [1.807, 2.05) is 20.8 Å². The Morgan fingerprint density at radius 2 is 1.60 bits per heavy atom. The van der Waals surface area contributed by atoms with Gasteiger partial charge >= 0.3 is 6.09 Å². The summed E-state index contributed by atoms with van der Waals surface area (Å²) in [6.07, 6.45) is 3.18. The van der Waals surface area contributed by atoms with E-state index in [1.54, 1.807) is 12.1 Å². The zero-order chi connectivity index (χ0) is 22.4. The van der Waals surface area contributed by atoms with Crippen molar-refractivity contribution in [1.82, 2.24) is 10.0 Å². The minimum Gasteiger partial charge on any atom is -0.449 e. The first-order valence-electron chi connectivity index (χ1n) is 10.3. The van der Waals surface area contributed by atoms with Gasteiger partial charge in [-0.25, -0.2) is 17.9 Å². The zero-order valence-electron chi connectivity index (χ0n) is 18.2. The molecule has 168 valence electrons. The van der Waals surface area contributed by atoms with Crippen molar-refractivity contribution < 1.29 is 22.7 Å². The molecule has 1 aliphatic rings. The highest BCUT2D eigenvalue weighted by Crippen LogP contribution is 2.29. The van der Waals surface area contributed by atoms with Gasteiger partial charge in [0.2, 0.25) is 15.9 Å². The van der Waals surface area contributed by atoms with Gasteiger partial charge in [0.15, 0.2) is 0 Å². The summed E-state index contributed by atoms with van der Waals surface area (Å²) in [4.78, 5) is 23.0. The first-order chi connectivity index (χ1) is 13.9. The number of amides is 2. The fraction of sp³-hybridized carbons (Fsp3) is 0.619. The SMILES string of the molecule is CC(=O)Nc1ccc(S(=O)(=O)NCC2CCC(COC(=O)NC(C)(C)C)CC2)cc1. The predicted octanol–water partition coefficient (Wildman–Crippen LogP) is 3.25. The molecule has 2 amide bonds. The van der Waals surface area contributed by atoms with E-state index in [0.29, 0.717) is 24.8 Å². The van der Waals surface area contributed by atoms with Gasteiger partial charge in [0.05, 0.1) is 11.5 Å². The lowest BCUT2D eigenvalue weighted by Crippen LogP contribution is -2.41. The van der Waals surface area contributed by atoms with Crippen molar-refractivity contribution in [2.75, 3.05) is 18.5 Å². The number of benzene rings is 1. The van der Waals surface area contributed by atoms with E-state index in [1.165, 1.54) is 19.1 Å². The molecular formula is C21H33N3O5S. The maximum absolute atomic E-state index is 12.5. The number of ether oxygens (including phenoxy) is 1. The minimum absolute atomic E-state index is 0.170. The number of hydrogen-bond acceptors (Lipinski definition) is 5. The lowest BCUT2D eigenvalue weighted by Gasteiger charge is -2.28. The highest BCUT2D eigenvalue weighted by Gasteiger charge is 2.25. The molecule has 1 fully saturated rings. The van der Waals surface area contributed by atoms with E-state index < -0.39 is 16.1 Å². The van der Waals surface area contributed by atoms with Gasteiger partial charge in [0.25, 0.3) is 0 Å². The second-order valence-electron chi connectivity index (χ2n) is 8.92. The molecule has 0 heterocycles. The maximum atomic E-state index is 12.5. The standard InChI is InChI=1S/C21H33N3O5S/c1-15(25)23-18-9-11-19(12-10-18)30(27,28)22-13-16-5-7-17(8-6-16)14-29-20(26)24-21(2,3)4/h9-12,16-17,22H,5-8,13-14H2,1-4H3,(H,23,25)(H,24,26). The Balaban J connectivity index is 1.74. The molecule has 0 aliphatic heterocycles. The number of rotatable bonds is 7. The van der Waals surface area contributed by atoms with Gasteiger partial charge in [-0.3, -0.25) is 4.79 Å². The van der Waals surface area contributed by atoms with E-state index >= 15 is 0 Å². The summed E-state index contributed by atoms with van der Waals surface area (Å²) in [6.45, 7) is 7.87. The van der Waals surface area contributed by atoms with E-state index in [2.05, 4.69) is 15.4 Å². The average Bonchev–Trinajstić information content (AvgIpc) is 2.64. The normalized spacial score (nSPS) is 19.7. The van der Waals surface area contributed by atoms with Gasteiger partial charge in [0, 0.05) is 24.7 Å². The molecule has 0 bridgehead atoms. The number of carbonyl (C=O) groups is 2. The third-order valence-electron chi connectivity index (χ3n) is 4.94. The van der Waals surface area contributed by atoms with Gasteiger partial charge in [0.1, 0.15) is 0 Å². The Morgan fingerprint density at radius 3 is 2.13 bits per heavy atom. The second-order valence-corrected chi connectivity index (χ2v) is 10.7. The third-order valence-corrected chi connectivity index (χ3v) is 6.38. The lowest BCUT2D eigenvalue weighted by molar-refractivity contribution is -0.114. The van der Waals surface area contributed by atoms with Crippen LogP contribution in [0.3, 0.4) is 0 Å². The largest absolute Gasteiger partial charge is 0.449 e. The van der Waals surface area contributed by atoms with Crippen molar-refractivity contribution in [3.05, 3.63) is 24.3 Å². The van der Waals surface area contributed by atoms with Crippen molar-refractivity contribution >= 4 is 27.7 Å². The first kappa shape index (κ1) is 24.1. The van der Waals surface area contributed by atoms with Crippen LogP contribution < -0.4 is 15.4 Å². The summed E-state index contributed by atoms with van der Waals surface area (Å²) in [5.41, 5.74) is 0.231. The Kier molecular flexibility index (Phi) is 8.25. The Morgan fingerprint density at radius 1 is 1.03 bits per heavy atom. The van der Waals surface area contributed by atoms with Crippen molar-refractivity contribution in [1.29, 1.82) is 0 Å². The van der Waals surface area contributed by atoms with Crippen LogP contribution in [0.5, 0.6) is 0 Å². The van der Waals surface area contributed by atoms with Gasteiger partial charge in [-0.15, -0.1) is 0 Å². The predicted molar refractivity (Wildman–Crippen MR) is 116 cm³/mol. The van der Waals surface area contributed by atoms with Crippen LogP contribution >= 0.6 is 0 Å². The molecule has 0 radical (unpaired) electrons. The molecule has 8 nitrogen and oxygen atoms in total. The zero-order valence-corrected chi connectivity index (χ0v) is 19.0. The van der Waals surface area contributed by atoms with Crippen LogP contribution in [0.15, 0.2) is 29.2 Å². The van der Waals surface area contributed by atoms with Gasteiger partial charge in [-0.1, -0.05) is 0 Å². The number of nitrogens with one attached hydrogen (secondary N) is 3. The smallest absolute Gasteiger partial charge is 0.407 e. The van der Waals surface area contributed by atoms with Crippen molar-refractivity contribution in [2.24, 2.45) is 11.8 Å². The molecule has 0 spiro atoms. The Hall–Kier alpha value is -2.13. The molecular weight excluding hydrogens is 406 g/mol. The quantitative estimate of drug-likeness (QED) is 0.603. The van der Waals surface area contributed by atoms with Crippen LogP contribution in [0.1, 0.15) is 53.4 Å². The number of hydrogen-bond donors (Lipinski definition) is 3. The Labute approximate surface area is 179 Å². The number of alkyl carbamates (subject to hydrolysis) is 1. The summed E-state index contributed by atoms with van der Waals surface area (Å²) in [7, 11) is -3.60. The molecule has 1 saturated carbocycles. The molecule has 1 aromatic rings. The molecule has 0 saturated heterocycles. The number of sulfonamides is 1. The van der Waals surface area contributed by atoms with Crippen LogP contribution in [-0.4, -0.2) is 39.1 Å². The molecule has 0 atom stereocenters. The van der Waals surface area contributed by atoms with Crippen LogP contribution in [0.25, 0.3) is 0 Å². The van der Waals surface area contributed by atoms with E-state index in [-0.39, 0.29) is 22.3 Å². The molecule has 3 N–H and O–H groups in total. The lowest BCUT2D eigenvalue weighted by atomic mass is 9.82. The highest BCUT2D eigenvalue weighted by molar-refractivity contribution is 7.89. The van der Waals surface area contributed by atoms with Crippen molar-refractivity contribution in [2.45, 2.75) is 63.8 Å². The molecule has 30 heavy (non-hydrogen) atoms. The minimum atomic E-state index is -3.60. The molecule has 1 aromatic carbocycles.